The number of carbonyl (C=O) groups excluding carboxylic acids is 2. The summed E-state index contributed by atoms with van der Waals surface area (Å²) in [6, 6.07) is 7.98. The highest BCUT2D eigenvalue weighted by atomic mass is 16.5. The first-order valence-electron chi connectivity index (χ1n) is 5.30. The van der Waals surface area contributed by atoms with E-state index in [0.29, 0.717) is 11.8 Å². The van der Waals surface area contributed by atoms with Crippen molar-refractivity contribution in [2.75, 3.05) is 0 Å². The molecule has 1 aromatic heterocycles. The second-order valence-corrected chi connectivity index (χ2v) is 3.72. The molecule has 0 saturated heterocycles. The third-order valence-corrected chi connectivity index (χ3v) is 2.16. The second-order valence-electron chi connectivity index (χ2n) is 3.72. The van der Waals surface area contributed by atoms with Crippen LogP contribution >= 0.6 is 0 Å². The van der Waals surface area contributed by atoms with Crippen LogP contribution in [-0.4, -0.2) is 21.6 Å². The minimum absolute atomic E-state index is 0.250. The number of benzene rings is 1. The van der Waals surface area contributed by atoms with Crippen LogP contribution in [-0.2, 0) is 9.59 Å². The van der Waals surface area contributed by atoms with Crippen LogP contribution in [0.15, 0.2) is 30.5 Å². The van der Waals surface area contributed by atoms with Gasteiger partial charge >= 0.3 is 6.15 Å². The highest BCUT2D eigenvalue weighted by Crippen LogP contribution is 2.21. The quantitative estimate of drug-likeness (QED) is 0.898. The van der Waals surface area contributed by atoms with Crippen molar-refractivity contribution in [2.24, 2.45) is 0 Å². The van der Waals surface area contributed by atoms with Gasteiger partial charge in [0.25, 0.3) is 5.88 Å². The number of aromatic amines is 1. The van der Waals surface area contributed by atoms with Crippen molar-refractivity contribution in [3.63, 3.8) is 0 Å². The van der Waals surface area contributed by atoms with Gasteiger partial charge in [-0.05, 0) is 23.6 Å². The molecule has 0 aliphatic rings. The summed E-state index contributed by atoms with van der Waals surface area (Å²) in [6.07, 6.45) is 1.79. The lowest BCUT2D eigenvalue weighted by Gasteiger charge is -2.06. The van der Waals surface area contributed by atoms with Gasteiger partial charge in [0.05, 0.1) is 0 Å². The van der Waals surface area contributed by atoms with Crippen LogP contribution in [0.4, 0.5) is 0 Å². The van der Waals surface area contributed by atoms with E-state index in [9.17, 15) is 0 Å². The minimum Gasteiger partial charge on any atom is -0.436 e. The highest BCUT2D eigenvalue weighted by molar-refractivity contribution is 5.30. The Morgan fingerprint density at radius 2 is 1.83 bits per heavy atom. The average molecular weight is 247 g/mol. The number of aromatic nitrogens is 3. The summed E-state index contributed by atoms with van der Waals surface area (Å²) in [7, 11) is 0. The van der Waals surface area contributed by atoms with Gasteiger partial charge in [-0.25, -0.2) is 0 Å². The van der Waals surface area contributed by atoms with Crippen molar-refractivity contribution in [2.45, 2.75) is 19.8 Å². The van der Waals surface area contributed by atoms with Crippen LogP contribution in [0.25, 0.3) is 0 Å². The smallest absolute Gasteiger partial charge is 0.373 e. The second kappa shape index (κ2) is 6.98. The fourth-order valence-electron chi connectivity index (χ4n) is 1.28. The summed E-state index contributed by atoms with van der Waals surface area (Å²) in [6.45, 7) is 4.32. The van der Waals surface area contributed by atoms with Gasteiger partial charge in [0, 0.05) is 0 Å². The predicted octanol–water partition coefficient (Wildman–Crippen LogP) is 2.14. The number of H-pyrrole nitrogens is 1. The lowest BCUT2D eigenvalue weighted by molar-refractivity contribution is -0.191. The standard InChI is InChI=1S/C11H13N3O.CO2/c1-8(2)9-3-5-10(6-4-9)15-11-7-12-14-13-11;2-1-3/h3-8H,1-2H3,(H,12,13,14);. The monoisotopic (exact) mass is 247 g/mol. The fraction of sp³-hybridized carbons (Fsp3) is 0.250. The van der Waals surface area contributed by atoms with E-state index < -0.39 is 0 Å². The molecular formula is C12H13N3O3. The molecule has 0 atom stereocenters. The highest BCUT2D eigenvalue weighted by Gasteiger charge is 2.01. The molecule has 18 heavy (non-hydrogen) atoms. The maximum Gasteiger partial charge on any atom is 0.373 e. The van der Waals surface area contributed by atoms with E-state index in [4.69, 9.17) is 14.3 Å². The summed E-state index contributed by atoms with van der Waals surface area (Å²) in [5, 5.41) is 9.97. The Morgan fingerprint density at radius 1 is 1.22 bits per heavy atom. The Hall–Kier alpha value is -2.46. The molecule has 2 aromatic rings. The molecule has 0 unspecified atom stereocenters. The van der Waals surface area contributed by atoms with Gasteiger partial charge in [-0.1, -0.05) is 26.0 Å². The zero-order valence-electron chi connectivity index (χ0n) is 10.1. The molecule has 0 saturated carbocycles. The van der Waals surface area contributed by atoms with Gasteiger partial charge in [0.1, 0.15) is 11.9 Å². The predicted molar refractivity (Wildman–Crippen MR) is 62.0 cm³/mol. The van der Waals surface area contributed by atoms with Crippen LogP contribution in [0, 0.1) is 0 Å². The zero-order chi connectivity index (χ0) is 13.4. The Kier molecular flexibility index (Phi) is 5.28. The van der Waals surface area contributed by atoms with E-state index in [1.807, 2.05) is 12.1 Å². The van der Waals surface area contributed by atoms with E-state index in [1.165, 1.54) is 11.8 Å². The third kappa shape index (κ3) is 4.19. The van der Waals surface area contributed by atoms with Crippen molar-refractivity contribution < 1.29 is 14.3 Å². The minimum atomic E-state index is 0.250. The van der Waals surface area contributed by atoms with E-state index in [0.717, 1.165) is 5.75 Å². The molecule has 0 spiro atoms. The summed E-state index contributed by atoms with van der Waals surface area (Å²) in [4.78, 5) is 16.2. The SMILES string of the molecule is CC(C)c1ccc(Oc2cn[nH]n2)cc1.O=C=O. The molecule has 6 nitrogen and oxygen atoms in total. The average Bonchev–Trinajstić information content (AvgIpc) is 2.83. The molecule has 2 rings (SSSR count). The Morgan fingerprint density at radius 3 is 2.28 bits per heavy atom. The fourth-order valence-corrected chi connectivity index (χ4v) is 1.28. The zero-order valence-corrected chi connectivity index (χ0v) is 10.1. The Balaban J connectivity index is 0.000000492. The maximum absolute atomic E-state index is 8.12. The molecule has 0 bridgehead atoms. The van der Waals surface area contributed by atoms with Gasteiger partial charge in [-0.2, -0.15) is 19.9 Å². The maximum atomic E-state index is 8.12. The molecule has 0 aliphatic heterocycles. The number of nitrogens with zero attached hydrogens (tertiary/aromatic N) is 2. The van der Waals surface area contributed by atoms with Gasteiger partial charge in [-0.15, -0.1) is 5.10 Å². The summed E-state index contributed by atoms with van der Waals surface area (Å²) < 4.78 is 5.45. The van der Waals surface area contributed by atoms with E-state index in [2.05, 4.69) is 41.4 Å². The number of ether oxygens (including phenoxy) is 1. The first-order valence-corrected chi connectivity index (χ1v) is 5.30. The van der Waals surface area contributed by atoms with Gasteiger partial charge < -0.3 is 4.74 Å². The molecule has 1 heterocycles. The van der Waals surface area contributed by atoms with Gasteiger partial charge in [0.15, 0.2) is 0 Å². The topological polar surface area (TPSA) is 84.9 Å². The first-order chi connectivity index (χ1) is 8.67. The van der Waals surface area contributed by atoms with Crippen molar-refractivity contribution in [1.82, 2.24) is 15.4 Å². The molecule has 0 amide bonds. The normalized spacial score (nSPS) is 9.28. The van der Waals surface area contributed by atoms with Crippen LogP contribution in [0.3, 0.4) is 0 Å². The molecule has 94 valence electrons. The molecule has 0 aliphatic carbocycles. The molecule has 0 fully saturated rings. The van der Waals surface area contributed by atoms with Crippen molar-refractivity contribution >= 4 is 6.15 Å². The number of hydrogen-bond donors (Lipinski definition) is 1. The number of nitrogens with one attached hydrogen (secondary N) is 1. The number of hydrogen-bond acceptors (Lipinski definition) is 5. The summed E-state index contributed by atoms with van der Waals surface area (Å²) >= 11 is 0. The van der Waals surface area contributed by atoms with Gasteiger partial charge in [0.2, 0.25) is 0 Å². The first kappa shape index (κ1) is 13.6. The van der Waals surface area contributed by atoms with Crippen molar-refractivity contribution in [3.05, 3.63) is 36.0 Å². The van der Waals surface area contributed by atoms with E-state index in [1.54, 1.807) is 0 Å². The lowest BCUT2D eigenvalue weighted by atomic mass is 10.0. The van der Waals surface area contributed by atoms with E-state index in [-0.39, 0.29) is 6.15 Å². The third-order valence-electron chi connectivity index (χ3n) is 2.16. The summed E-state index contributed by atoms with van der Waals surface area (Å²) in [5.74, 6) is 1.78. The summed E-state index contributed by atoms with van der Waals surface area (Å²) in [5.41, 5.74) is 1.29. The number of rotatable bonds is 3. The van der Waals surface area contributed by atoms with Crippen LogP contribution in [0.2, 0.25) is 0 Å². The van der Waals surface area contributed by atoms with Crippen LogP contribution < -0.4 is 4.74 Å². The molecule has 0 radical (unpaired) electrons. The van der Waals surface area contributed by atoms with Crippen LogP contribution in [0.1, 0.15) is 25.3 Å². The van der Waals surface area contributed by atoms with E-state index >= 15 is 0 Å². The Bertz CT molecular complexity index is 486. The lowest BCUT2D eigenvalue weighted by Crippen LogP contribution is -1.88. The Labute approximate surface area is 104 Å². The molecule has 1 aromatic carbocycles. The van der Waals surface area contributed by atoms with Crippen LogP contribution in [0.5, 0.6) is 11.6 Å². The largest absolute Gasteiger partial charge is 0.436 e. The molecule has 6 heteroatoms. The molecular weight excluding hydrogens is 234 g/mol. The van der Waals surface area contributed by atoms with Crippen molar-refractivity contribution in [3.8, 4) is 11.6 Å². The molecule has 1 N–H and O–H groups in total. The van der Waals surface area contributed by atoms with Gasteiger partial charge in [-0.3, -0.25) is 0 Å². The van der Waals surface area contributed by atoms with Crippen molar-refractivity contribution in [1.29, 1.82) is 0 Å².